The lowest BCUT2D eigenvalue weighted by Gasteiger charge is -2.39. The first-order valence-electron chi connectivity index (χ1n) is 8.02. The molecule has 1 unspecified atom stereocenters. The monoisotopic (exact) mass is 291 g/mol. The maximum absolute atomic E-state index is 12.9. The van der Waals surface area contributed by atoms with Crippen LogP contribution < -0.4 is 0 Å². The molecule has 20 heavy (non-hydrogen) atoms. The summed E-state index contributed by atoms with van der Waals surface area (Å²) >= 11 is 0. The summed E-state index contributed by atoms with van der Waals surface area (Å²) in [6, 6.07) is 11.3. The number of rotatable bonds is 4. The Balaban J connectivity index is 1.75. The van der Waals surface area contributed by atoms with Gasteiger partial charge in [-0.1, -0.05) is 38.0 Å². The molecule has 0 N–H and O–H groups in total. The molecule has 1 aromatic rings. The van der Waals surface area contributed by atoms with Crippen LogP contribution in [0, 0.1) is 0 Å². The third-order valence-electron chi connectivity index (χ3n) is 4.91. The fourth-order valence-electron chi connectivity index (χ4n) is 4.00. The van der Waals surface area contributed by atoms with E-state index in [2.05, 4.69) is 11.8 Å². The van der Waals surface area contributed by atoms with Gasteiger partial charge in [-0.3, -0.25) is 9.11 Å². The van der Waals surface area contributed by atoms with Gasteiger partial charge in [0.15, 0.2) is 0 Å². The van der Waals surface area contributed by atoms with Gasteiger partial charge >= 0.3 is 0 Å². The Kier molecular flexibility index (Phi) is 4.57. The lowest BCUT2D eigenvalue weighted by atomic mass is 9.94. The van der Waals surface area contributed by atoms with Crippen LogP contribution in [0.25, 0.3) is 0 Å². The lowest BCUT2D eigenvalue weighted by molar-refractivity contribution is 0.117. The van der Waals surface area contributed by atoms with E-state index in [4.69, 9.17) is 0 Å². The van der Waals surface area contributed by atoms with Crippen LogP contribution in [-0.2, 0) is 10.8 Å². The van der Waals surface area contributed by atoms with Gasteiger partial charge in [0.1, 0.15) is 0 Å². The highest BCUT2D eigenvalue weighted by Gasteiger charge is 2.42. The van der Waals surface area contributed by atoms with Crippen LogP contribution in [0.4, 0.5) is 0 Å². The van der Waals surface area contributed by atoms with Crippen LogP contribution in [-0.4, -0.2) is 33.0 Å². The van der Waals surface area contributed by atoms with Gasteiger partial charge in [0.2, 0.25) is 0 Å². The molecule has 2 heterocycles. The van der Waals surface area contributed by atoms with Crippen LogP contribution in [0.5, 0.6) is 0 Å². The molecular weight excluding hydrogens is 266 g/mol. The quantitative estimate of drug-likeness (QED) is 0.845. The Morgan fingerprint density at radius 2 is 2.00 bits per heavy atom. The van der Waals surface area contributed by atoms with Crippen LogP contribution in [0.3, 0.4) is 0 Å². The molecule has 0 saturated carbocycles. The molecule has 3 rings (SSSR count). The maximum Gasteiger partial charge on any atom is 0.0577 e. The molecule has 2 nitrogen and oxygen atoms in total. The van der Waals surface area contributed by atoms with E-state index in [1.54, 1.807) is 0 Å². The van der Waals surface area contributed by atoms with Crippen molar-refractivity contribution in [3.8, 4) is 0 Å². The zero-order valence-electron chi connectivity index (χ0n) is 12.3. The van der Waals surface area contributed by atoms with Gasteiger partial charge in [0.25, 0.3) is 0 Å². The molecule has 0 aromatic heterocycles. The molecule has 0 bridgehead atoms. The number of hydrogen-bond acceptors (Lipinski definition) is 2. The van der Waals surface area contributed by atoms with Gasteiger partial charge in [-0.25, -0.2) is 0 Å². The van der Waals surface area contributed by atoms with Crippen LogP contribution in [0.2, 0.25) is 0 Å². The van der Waals surface area contributed by atoms with Gasteiger partial charge in [0, 0.05) is 17.0 Å². The lowest BCUT2D eigenvalue weighted by Crippen LogP contribution is -2.46. The number of nitrogens with zero attached hydrogens (tertiary/aromatic N) is 1. The number of hydrogen-bond donors (Lipinski definition) is 0. The zero-order chi connectivity index (χ0) is 13.9. The predicted octanol–water partition coefficient (Wildman–Crippen LogP) is 3.59. The van der Waals surface area contributed by atoms with Gasteiger partial charge in [-0.2, -0.15) is 0 Å². The molecule has 2 saturated heterocycles. The Morgan fingerprint density at radius 3 is 2.75 bits per heavy atom. The molecule has 0 aliphatic carbocycles. The summed E-state index contributed by atoms with van der Waals surface area (Å²) in [4.78, 5) is 3.69. The standard InChI is InChI=1S/C17H25NOS/c1-2-7-14-8-6-11-16-17(12-13-18(14)16)20(19)15-9-4-3-5-10-15/h3-5,9-10,14,16-17H,2,6-8,11-13H2,1H3/t14-,16+,17+,20?/m0/s1. The van der Waals surface area contributed by atoms with E-state index < -0.39 is 10.8 Å². The van der Waals surface area contributed by atoms with Crippen molar-refractivity contribution in [2.75, 3.05) is 6.54 Å². The molecule has 0 radical (unpaired) electrons. The second kappa shape index (κ2) is 6.40. The highest BCUT2D eigenvalue weighted by atomic mass is 32.2. The number of fused-ring (bicyclic) bond motifs is 1. The van der Waals surface area contributed by atoms with Gasteiger partial charge < -0.3 is 0 Å². The summed E-state index contributed by atoms with van der Waals surface area (Å²) in [5, 5.41) is 0.344. The highest BCUT2D eigenvalue weighted by Crippen LogP contribution is 2.36. The fourth-order valence-corrected chi connectivity index (χ4v) is 5.68. The Bertz CT molecular complexity index is 459. The Morgan fingerprint density at radius 1 is 1.20 bits per heavy atom. The molecule has 2 aliphatic heterocycles. The number of benzene rings is 1. The van der Waals surface area contributed by atoms with Gasteiger partial charge in [-0.15, -0.1) is 0 Å². The molecule has 3 heteroatoms. The topological polar surface area (TPSA) is 20.3 Å². The Labute approximate surface area is 125 Å². The average Bonchev–Trinajstić information content (AvgIpc) is 2.93. The van der Waals surface area contributed by atoms with Crippen molar-refractivity contribution in [1.82, 2.24) is 4.90 Å². The van der Waals surface area contributed by atoms with Crippen molar-refractivity contribution in [2.45, 2.75) is 67.7 Å². The third-order valence-corrected chi connectivity index (χ3v) is 6.74. The van der Waals surface area contributed by atoms with Crippen molar-refractivity contribution in [3.05, 3.63) is 30.3 Å². The largest absolute Gasteiger partial charge is 0.296 e. The fraction of sp³-hybridized carbons (Fsp3) is 0.647. The molecule has 0 spiro atoms. The molecule has 2 fully saturated rings. The summed E-state index contributed by atoms with van der Waals surface area (Å²) in [5.41, 5.74) is 0. The van der Waals surface area contributed by atoms with E-state index in [1.165, 1.54) is 32.1 Å². The first-order chi connectivity index (χ1) is 9.81. The predicted molar refractivity (Wildman–Crippen MR) is 84.3 cm³/mol. The van der Waals surface area contributed by atoms with Crippen molar-refractivity contribution >= 4 is 10.8 Å². The van der Waals surface area contributed by atoms with Crippen molar-refractivity contribution in [3.63, 3.8) is 0 Å². The van der Waals surface area contributed by atoms with E-state index in [9.17, 15) is 4.21 Å². The first kappa shape index (κ1) is 14.3. The van der Waals surface area contributed by atoms with Crippen LogP contribution >= 0.6 is 0 Å². The van der Waals surface area contributed by atoms with Gasteiger partial charge in [-0.05, 0) is 44.4 Å². The summed E-state index contributed by atoms with van der Waals surface area (Å²) in [6.07, 6.45) is 7.57. The highest BCUT2D eigenvalue weighted by molar-refractivity contribution is 7.85. The minimum Gasteiger partial charge on any atom is -0.296 e. The normalized spacial score (nSPS) is 31.9. The summed E-state index contributed by atoms with van der Waals surface area (Å²) in [7, 11) is -0.838. The summed E-state index contributed by atoms with van der Waals surface area (Å²) < 4.78 is 12.9. The smallest absolute Gasteiger partial charge is 0.0577 e. The second-order valence-corrected chi connectivity index (χ2v) is 7.79. The Hall–Kier alpha value is -0.670. The van der Waals surface area contributed by atoms with Crippen molar-refractivity contribution < 1.29 is 4.21 Å². The van der Waals surface area contributed by atoms with E-state index in [-0.39, 0.29) is 0 Å². The van der Waals surface area contributed by atoms with E-state index >= 15 is 0 Å². The molecule has 110 valence electrons. The van der Waals surface area contributed by atoms with E-state index in [1.807, 2.05) is 30.3 Å². The molecule has 2 aliphatic rings. The first-order valence-corrected chi connectivity index (χ1v) is 9.24. The third kappa shape index (κ3) is 2.71. The zero-order valence-corrected chi connectivity index (χ0v) is 13.1. The minimum atomic E-state index is -0.838. The van der Waals surface area contributed by atoms with Crippen molar-refractivity contribution in [1.29, 1.82) is 0 Å². The average molecular weight is 291 g/mol. The molecule has 4 atom stereocenters. The molecule has 1 aromatic carbocycles. The van der Waals surface area contributed by atoms with E-state index in [0.717, 1.165) is 23.9 Å². The summed E-state index contributed by atoms with van der Waals surface area (Å²) in [5.74, 6) is 0. The summed E-state index contributed by atoms with van der Waals surface area (Å²) in [6.45, 7) is 3.43. The van der Waals surface area contributed by atoms with Crippen LogP contribution in [0.15, 0.2) is 35.2 Å². The minimum absolute atomic E-state index is 0.344. The molecule has 0 amide bonds. The maximum atomic E-state index is 12.9. The van der Waals surface area contributed by atoms with Crippen LogP contribution in [0.1, 0.15) is 45.4 Å². The molecular formula is C17H25NOS. The van der Waals surface area contributed by atoms with Crippen molar-refractivity contribution in [2.24, 2.45) is 0 Å². The number of piperidine rings is 1. The van der Waals surface area contributed by atoms with Gasteiger partial charge in [0.05, 0.1) is 16.0 Å². The second-order valence-electron chi connectivity index (χ2n) is 6.12. The SMILES string of the molecule is CCC[C@H]1CCC[C@@H]2[C@H](S(=O)c3ccccc3)CCN12. The van der Waals surface area contributed by atoms with E-state index in [0.29, 0.717) is 11.3 Å².